The van der Waals surface area contributed by atoms with Crippen LogP contribution in [0.4, 0.5) is 15.8 Å². The number of rotatable bonds is 6. The summed E-state index contributed by atoms with van der Waals surface area (Å²) in [6, 6.07) is 12.4. The molecule has 0 aliphatic rings. The Hall–Kier alpha value is -4.27. The maximum atomic E-state index is 14.3. The summed E-state index contributed by atoms with van der Waals surface area (Å²) in [7, 11) is 0. The van der Waals surface area contributed by atoms with Gasteiger partial charge in [0.15, 0.2) is 0 Å². The molecular formula is C27H22FN5OS. The van der Waals surface area contributed by atoms with Crippen molar-refractivity contribution in [3.8, 4) is 11.1 Å². The van der Waals surface area contributed by atoms with E-state index in [1.165, 1.54) is 23.5 Å². The Kier molecular flexibility index (Phi) is 6.77. The van der Waals surface area contributed by atoms with Gasteiger partial charge >= 0.3 is 0 Å². The van der Waals surface area contributed by atoms with E-state index in [0.29, 0.717) is 34.8 Å². The third-order valence-electron chi connectivity index (χ3n) is 5.99. The number of aryl methyl sites for hydroxylation is 1. The molecule has 0 spiro atoms. The van der Waals surface area contributed by atoms with Crippen molar-refractivity contribution in [2.75, 3.05) is 0 Å². The number of carbonyl (C=O) groups is 1. The first kappa shape index (κ1) is 23.9. The first-order chi connectivity index (χ1) is 16.8. The monoisotopic (exact) mass is 483 g/mol. The van der Waals surface area contributed by atoms with Gasteiger partial charge in [0.1, 0.15) is 10.7 Å². The molecule has 4 rings (SSSR count). The first-order valence-corrected chi connectivity index (χ1v) is 11.7. The van der Waals surface area contributed by atoms with Crippen LogP contribution in [0, 0.1) is 39.7 Å². The summed E-state index contributed by atoms with van der Waals surface area (Å²) in [5.74, 6) is -0.723. The molecule has 0 unspecified atom stereocenters. The molecule has 2 aromatic carbocycles. The molecule has 0 saturated heterocycles. The van der Waals surface area contributed by atoms with Gasteiger partial charge in [-0.1, -0.05) is 36.4 Å². The van der Waals surface area contributed by atoms with Crippen molar-refractivity contribution in [2.24, 2.45) is 0 Å². The molecule has 1 amide bonds. The summed E-state index contributed by atoms with van der Waals surface area (Å²) in [4.78, 5) is 23.9. The molecule has 2 aromatic heterocycles. The lowest BCUT2D eigenvalue weighted by molar-refractivity contribution is 0.0954. The molecule has 0 fully saturated rings. The molecule has 0 aliphatic carbocycles. The molecular weight excluding hydrogens is 461 g/mol. The lowest BCUT2D eigenvalue weighted by atomic mass is 10.0. The van der Waals surface area contributed by atoms with E-state index in [0.717, 1.165) is 28.2 Å². The smallest absolute Gasteiger partial charge is 0.263 e. The van der Waals surface area contributed by atoms with E-state index < -0.39 is 5.82 Å². The van der Waals surface area contributed by atoms with E-state index in [1.54, 1.807) is 11.6 Å². The second kappa shape index (κ2) is 9.92. The lowest BCUT2D eigenvalue weighted by Crippen LogP contribution is -2.22. The van der Waals surface area contributed by atoms with Crippen LogP contribution in [0.5, 0.6) is 0 Å². The second-order valence-electron chi connectivity index (χ2n) is 8.14. The van der Waals surface area contributed by atoms with Crippen molar-refractivity contribution >= 4 is 28.6 Å². The average molecular weight is 484 g/mol. The number of nitrogens with one attached hydrogen (secondary N) is 1. The van der Waals surface area contributed by atoms with Crippen molar-refractivity contribution in [1.29, 1.82) is 0 Å². The number of amides is 1. The number of aromatic nitrogens is 2. The Morgan fingerprint density at radius 1 is 1.06 bits per heavy atom. The quantitative estimate of drug-likeness (QED) is 0.308. The summed E-state index contributed by atoms with van der Waals surface area (Å²) in [5, 5.41) is 2.92. The summed E-state index contributed by atoms with van der Waals surface area (Å²) >= 11 is 1.32. The number of hydrogen-bond acceptors (Lipinski definition) is 3. The fraction of sp³-hybridized carbons (Fsp3) is 0.185. The fourth-order valence-electron chi connectivity index (χ4n) is 4.07. The number of benzene rings is 2. The van der Waals surface area contributed by atoms with Gasteiger partial charge in [-0.05, 0) is 43.5 Å². The van der Waals surface area contributed by atoms with Gasteiger partial charge in [0.25, 0.3) is 5.91 Å². The average Bonchev–Trinajstić information content (AvgIpc) is 3.39. The van der Waals surface area contributed by atoms with Crippen LogP contribution < -0.4 is 5.32 Å². The molecule has 8 heteroatoms. The third kappa shape index (κ3) is 4.70. The van der Waals surface area contributed by atoms with Crippen LogP contribution in [0.2, 0.25) is 0 Å². The van der Waals surface area contributed by atoms with Crippen LogP contribution in [0.15, 0.2) is 48.0 Å². The van der Waals surface area contributed by atoms with Crippen molar-refractivity contribution in [1.82, 2.24) is 14.9 Å². The topological polar surface area (TPSA) is 55.6 Å². The van der Waals surface area contributed by atoms with Gasteiger partial charge < -0.3 is 9.88 Å². The Labute approximate surface area is 207 Å². The van der Waals surface area contributed by atoms with Crippen molar-refractivity contribution in [3.63, 3.8) is 0 Å². The molecule has 0 aliphatic heterocycles. The van der Waals surface area contributed by atoms with Gasteiger partial charge in [-0.2, -0.15) is 0 Å². The number of halogens is 1. The molecule has 2 heterocycles. The number of hydrogen-bond donors (Lipinski definition) is 1. The zero-order chi connectivity index (χ0) is 25.1. The second-order valence-corrected chi connectivity index (χ2v) is 8.99. The van der Waals surface area contributed by atoms with Gasteiger partial charge in [0, 0.05) is 30.0 Å². The summed E-state index contributed by atoms with van der Waals surface area (Å²) < 4.78 is 16.3. The maximum Gasteiger partial charge on any atom is 0.263 e. The van der Waals surface area contributed by atoms with Crippen LogP contribution >= 0.6 is 11.3 Å². The molecule has 1 N–H and O–H groups in total. The number of thiazole rings is 1. The summed E-state index contributed by atoms with van der Waals surface area (Å²) in [6.45, 7) is 21.3. The predicted octanol–water partition coefficient (Wildman–Crippen LogP) is 6.76. The third-order valence-corrected chi connectivity index (χ3v) is 6.92. The van der Waals surface area contributed by atoms with Crippen molar-refractivity contribution in [2.45, 2.75) is 33.9 Å². The fourth-order valence-corrected chi connectivity index (χ4v) is 4.79. The van der Waals surface area contributed by atoms with Gasteiger partial charge in [-0.3, -0.25) is 4.79 Å². The Bertz CT molecular complexity index is 1500. The van der Waals surface area contributed by atoms with Gasteiger partial charge in [0.05, 0.1) is 24.3 Å². The minimum Gasteiger partial charge on any atom is -0.355 e. The molecule has 0 saturated carbocycles. The summed E-state index contributed by atoms with van der Waals surface area (Å²) in [6.07, 6.45) is 0. The van der Waals surface area contributed by atoms with E-state index in [-0.39, 0.29) is 11.6 Å². The first-order valence-electron chi connectivity index (χ1n) is 10.8. The molecule has 0 radical (unpaired) electrons. The number of carbonyl (C=O) groups excluding carboxylic acids is 1. The van der Waals surface area contributed by atoms with Crippen LogP contribution in [0.1, 0.15) is 37.9 Å². The zero-order valence-electron chi connectivity index (χ0n) is 19.5. The lowest BCUT2D eigenvalue weighted by Gasteiger charge is -2.12. The molecule has 35 heavy (non-hydrogen) atoms. The number of nitrogens with zero attached hydrogens (tertiary/aromatic N) is 4. The maximum absolute atomic E-state index is 14.3. The predicted molar refractivity (Wildman–Crippen MR) is 135 cm³/mol. The van der Waals surface area contributed by atoms with E-state index in [4.69, 9.17) is 13.1 Å². The standard InChI is InChI=1S/C27H22FN5OS/c1-16-26(35-15-32-16)27(34)31-13-19-6-8-20(9-7-19)14-33-17(2)24(25(30-5)18(33)3)21-10-11-23(29-4)22(28)12-21/h6-12,15H,13-14H2,1-3H3,(H,31,34). The van der Waals surface area contributed by atoms with Crippen molar-refractivity contribution in [3.05, 3.63) is 110 Å². The molecule has 4 aromatic rings. The summed E-state index contributed by atoms with van der Waals surface area (Å²) in [5.41, 5.74) is 7.78. The van der Waals surface area contributed by atoms with E-state index in [1.807, 2.05) is 49.6 Å². The highest BCUT2D eigenvalue weighted by atomic mass is 32.1. The van der Waals surface area contributed by atoms with E-state index in [9.17, 15) is 9.18 Å². The van der Waals surface area contributed by atoms with Crippen molar-refractivity contribution < 1.29 is 9.18 Å². The Balaban J connectivity index is 1.54. The highest BCUT2D eigenvalue weighted by Crippen LogP contribution is 2.40. The van der Waals surface area contributed by atoms with Gasteiger partial charge in [-0.25, -0.2) is 19.1 Å². The normalized spacial score (nSPS) is 10.6. The SMILES string of the molecule is [C-]#[N+]c1ccc(-c2c([N+]#[C-])c(C)n(Cc3ccc(CNC(=O)c4scnc4C)cc3)c2C)cc1F. The van der Waals surface area contributed by atoms with Gasteiger partial charge in [0.2, 0.25) is 11.4 Å². The Morgan fingerprint density at radius 2 is 1.77 bits per heavy atom. The molecule has 0 bridgehead atoms. The van der Waals surface area contributed by atoms with Gasteiger partial charge in [-0.15, -0.1) is 11.3 Å². The highest BCUT2D eigenvalue weighted by molar-refractivity contribution is 7.11. The highest BCUT2D eigenvalue weighted by Gasteiger charge is 2.20. The van der Waals surface area contributed by atoms with Crippen LogP contribution in [0.25, 0.3) is 20.8 Å². The Morgan fingerprint density at radius 3 is 2.37 bits per heavy atom. The van der Waals surface area contributed by atoms with Crippen LogP contribution in [-0.4, -0.2) is 15.5 Å². The zero-order valence-corrected chi connectivity index (χ0v) is 20.3. The van der Waals surface area contributed by atoms with E-state index >= 15 is 0 Å². The van der Waals surface area contributed by atoms with Crippen LogP contribution in [0.3, 0.4) is 0 Å². The molecule has 6 nitrogen and oxygen atoms in total. The van der Waals surface area contributed by atoms with E-state index in [2.05, 4.69) is 20.0 Å². The largest absolute Gasteiger partial charge is 0.355 e. The minimum absolute atomic E-state index is 0.0367. The van der Waals surface area contributed by atoms with Crippen LogP contribution in [-0.2, 0) is 13.1 Å². The molecule has 0 atom stereocenters. The molecule has 174 valence electrons. The minimum atomic E-state index is -0.591.